The highest BCUT2D eigenvalue weighted by Gasteiger charge is 2.35. The Labute approximate surface area is 184 Å². The third-order valence-electron chi connectivity index (χ3n) is 7.04. The van der Waals surface area contributed by atoms with Gasteiger partial charge in [-0.1, -0.05) is 6.92 Å². The Morgan fingerprint density at radius 1 is 1.03 bits per heavy atom. The fraction of sp³-hybridized carbons (Fsp3) is 0.727. The number of nitrogens with zero attached hydrogens (tertiary/aromatic N) is 2. The number of carbonyl (C=O) groups excluding carboxylic acids is 2. The smallest absolute Gasteiger partial charge is 0.270 e. The van der Waals surface area contributed by atoms with Crippen LogP contribution in [0.25, 0.3) is 0 Å². The molecule has 0 spiro atoms. The molecule has 0 radical (unpaired) electrons. The zero-order valence-electron chi connectivity index (χ0n) is 18.3. The molecule has 172 valence electrons. The van der Waals surface area contributed by atoms with Crippen molar-refractivity contribution in [2.45, 2.75) is 69.2 Å². The average Bonchev–Trinajstić information content (AvgIpc) is 3.48. The monoisotopic (exact) mass is 450 g/mol. The molecular formula is C22H34N4O4S. The minimum atomic E-state index is -3.75. The number of likely N-dealkylation sites (tertiary alicyclic amines) is 1. The molecule has 2 amide bonds. The first-order chi connectivity index (χ1) is 14.8. The molecular weight excluding hydrogens is 416 g/mol. The number of amides is 2. The normalized spacial score (nSPS) is 27.9. The van der Waals surface area contributed by atoms with Crippen molar-refractivity contribution in [2.75, 3.05) is 26.2 Å². The maximum absolute atomic E-state index is 13.2. The Bertz CT molecular complexity index is 898. The Morgan fingerprint density at radius 3 is 2.45 bits per heavy atom. The van der Waals surface area contributed by atoms with Crippen LogP contribution in [0.4, 0.5) is 0 Å². The van der Waals surface area contributed by atoms with Gasteiger partial charge in [0.15, 0.2) is 0 Å². The van der Waals surface area contributed by atoms with E-state index >= 15 is 0 Å². The minimum absolute atomic E-state index is 0.0292. The molecule has 2 saturated heterocycles. The van der Waals surface area contributed by atoms with Crippen LogP contribution >= 0.6 is 0 Å². The van der Waals surface area contributed by atoms with E-state index in [0.717, 1.165) is 38.5 Å². The van der Waals surface area contributed by atoms with Gasteiger partial charge in [-0.3, -0.25) is 9.59 Å². The summed E-state index contributed by atoms with van der Waals surface area (Å²) in [4.78, 5) is 30.0. The van der Waals surface area contributed by atoms with E-state index in [9.17, 15) is 18.0 Å². The van der Waals surface area contributed by atoms with Gasteiger partial charge in [0.2, 0.25) is 15.9 Å². The number of rotatable bonds is 5. The molecule has 1 aromatic rings. The van der Waals surface area contributed by atoms with Crippen molar-refractivity contribution in [3.63, 3.8) is 0 Å². The fourth-order valence-corrected chi connectivity index (χ4v) is 6.50. The second-order valence-corrected chi connectivity index (χ2v) is 11.4. The van der Waals surface area contributed by atoms with Gasteiger partial charge >= 0.3 is 0 Å². The second-order valence-electron chi connectivity index (χ2n) is 9.42. The van der Waals surface area contributed by atoms with Gasteiger partial charge in [0.25, 0.3) is 5.91 Å². The summed E-state index contributed by atoms with van der Waals surface area (Å²) >= 11 is 0. The number of piperidine rings is 1. The Hall–Kier alpha value is -1.87. The van der Waals surface area contributed by atoms with Crippen molar-refractivity contribution in [3.05, 3.63) is 18.0 Å². The fourth-order valence-electron chi connectivity index (χ4n) is 4.98. The van der Waals surface area contributed by atoms with Crippen molar-refractivity contribution in [1.29, 1.82) is 0 Å². The molecule has 0 aromatic carbocycles. The lowest BCUT2D eigenvalue weighted by Gasteiger charge is -2.33. The molecule has 1 aromatic heterocycles. The third kappa shape index (κ3) is 4.98. The van der Waals surface area contributed by atoms with Gasteiger partial charge in [-0.05, 0) is 63.4 Å². The third-order valence-corrected chi connectivity index (χ3v) is 8.88. The number of H-pyrrole nitrogens is 1. The number of sulfonamides is 1. The highest BCUT2D eigenvalue weighted by Crippen LogP contribution is 2.27. The predicted molar refractivity (Wildman–Crippen MR) is 117 cm³/mol. The number of hydrogen-bond donors (Lipinski definition) is 2. The van der Waals surface area contributed by atoms with E-state index in [1.807, 2.05) is 0 Å². The number of nitrogens with one attached hydrogen (secondary N) is 2. The second kappa shape index (κ2) is 9.32. The molecule has 2 N–H and O–H groups in total. The number of hydrogen-bond acceptors (Lipinski definition) is 4. The molecule has 2 aliphatic heterocycles. The molecule has 9 heteroatoms. The summed E-state index contributed by atoms with van der Waals surface area (Å²) in [6, 6.07) is 1.64. The largest absolute Gasteiger partial charge is 0.356 e. The molecule has 31 heavy (non-hydrogen) atoms. The summed E-state index contributed by atoms with van der Waals surface area (Å²) < 4.78 is 27.8. The van der Waals surface area contributed by atoms with Gasteiger partial charge in [0, 0.05) is 38.4 Å². The van der Waals surface area contributed by atoms with Crippen LogP contribution in [-0.4, -0.2) is 66.6 Å². The molecule has 1 aliphatic carbocycles. The first-order valence-corrected chi connectivity index (χ1v) is 13.1. The Kier molecular flexibility index (Phi) is 6.71. The van der Waals surface area contributed by atoms with Crippen LogP contribution in [0.2, 0.25) is 0 Å². The van der Waals surface area contributed by atoms with Crippen LogP contribution in [0.3, 0.4) is 0 Å². The number of aromatic nitrogens is 1. The van der Waals surface area contributed by atoms with Crippen molar-refractivity contribution in [1.82, 2.24) is 19.5 Å². The van der Waals surface area contributed by atoms with Crippen molar-refractivity contribution in [3.8, 4) is 0 Å². The molecule has 1 unspecified atom stereocenters. The summed E-state index contributed by atoms with van der Waals surface area (Å²) in [5.41, 5.74) is 0.304. The van der Waals surface area contributed by atoms with E-state index in [2.05, 4.69) is 17.2 Å². The topological polar surface area (TPSA) is 103 Å². The lowest BCUT2D eigenvalue weighted by atomic mass is 9.87. The van der Waals surface area contributed by atoms with E-state index in [1.165, 1.54) is 16.6 Å². The van der Waals surface area contributed by atoms with Gasteiger partial charge in [-0.15, -0.1) is 0 Å². The van der Waals surface area contributed by atoms with Crippen LogP contribution in [0.5, 0.6) is 0 Å². The van der Waals surface area contributed by atoms with Crippen LogP contribution < -0.4 is 5.32 Å². The summed E-state index contributed by atoms with van der Waals surface area (Å²) in [5, 5.41) is 3.15. The molecule has 0 bridgehead atoms. The first-order valence-electron chi connectivity index (χ1n) is 11.6. The summed E-state index contributed by atoms with van der Waals surface area (Å²) in [5.74, 6) is 0.203. The van der Waals surface area contributed by atoms with E-state index < -0.39 is 10.0 Å². The lowest BCUT2D eigenvalue weighted by molar-refractivity contribution is -0.127. The standard InChI is InChI=1S/C22H34N4O4S/c1-16-6-8-18(9-7-16)24-21(27)17-5-4-12-26(15-17)31(29,30)19-13-20(23-14-19)22(28)25-10-2-3-11-25/h13-14,16-18,23H,2-12,15H2,1H3,(H,24,27). The molecule has 4 rings (SSSR count). The SMILES string of the molecule is CC1CCC(NC(=O)C2CCCN(S(=O)(=O)c3c[nH]c(C(=O)N4CCCC4)c3)C2)CC1. The van der Waals surface area contributed by atoms with Gasteiger partial charge in [0.05, 0.1) is 5.92 Å². The maximum Gasteiger partial charge on any atom is 0.270 e. The lowest BCUT2D eigenvalue weighted by Crippen LogP contribution is -2.48. The predicted octanol–water partition coefficient (Wildman–Crippen LogP) is 2.35. The van der Waals surface area contributed by atoms with Crippen LogP contribution in [0.1, 0.15) is 68.8 Å². The summed E-state index contributed by atoms with van der Waals surface area (Å²) in [6.45, 7) is 4.25. The van der Waals surface area contributed by atoms with Crippen LogP contribution in [0.15, 0.2) is 17.2 Å². The highest BCUT2D eigenvalue weighted by atomic mass is 32.2. The Morgan fingerprint density at radius 2 is 1.74 bits per heavy atom. The van der Waals surface area contributed by atoms with E-state index in [1.54, 1.807) is 4.90 Å². The number of aromatic amines is 1. The quantitative estimate of drug-likeness (QED) is 0.719. The molecule has 1 atom stereocenters. The molecule has 3 fully saturated rings. The number of carbonyl (C=O) groups is 2. The zero-order chi connectivity index (χ0) is 22.0. The molecule has 8 nitrogen and oxygen atoms in total. The molecule has 3 heterocycles. The first kappa shape index (κ1) is 22.3. The van der Waals surface area contributed by atoms with Gasteiger partial charge < -0.3 is 15.2 Å². The van der Waals surface area contributed by atoms with E-state index in [0.29, 0.717) is 44.1 Å². The summed E-state index contributed by atoms with van der Waals surface area (Å²) in [6.07, 6.45) is 8.96. The average molecular weight is 451 g/mol. The van der Waals surface area contributed by atoms with Gasteiger partial charge in [-0.25, -0.2) is 8.42 Å². The zero-order valence-corrected chi connectivity index (χ0v) is 19.1. The molecule has 1 saturated carbocycles. The van der Waals surface area contributed by atoms with E-state index in [-0.39, 0.29) is 35.2 Å². The molecule has 3 aliphatic rings. The van der Waals surface area contributed by atoms with Crippen molar-refractivity contribution >= 4 is 21.8 Å². The van der Waals surface area contributed by atoms with Gasteiger partial charge in [0.1, 0.15) is 10.6 Å². The van der Waals surface area contributed by atoms with Crippen LogP contribution in [0, 0.1) is 11.8 Å². The van der Waals surface area contributed by atoms with E-state index in [4.69, 9.17) is 0 Å². The van der Waals surface area contributed by atoms with Crippen LogP contribution in [-0.2, 0) is 14.8 Å². The highest BCUT2D eigenvalue weighted by molar-refractivity contribution is 7.89. The minimum Gasteiger partial charge on any atom is -0.356 e. The van der Waals surface area contributed by atoms with Crippen molar-refractivity contribution in [2.24, 2.45) is 11.8 Å². The maximum atomic E-state index is 13.2. The summed E-state index contributed by atoms with van der Waals surface area (Å²) in [7, 11) is -3.75. The van der Waals surface area contributed by atoms with Gasteiger partial charge in [-0.2, -0.15) is 4.31 Å². The van der Waals surface area contributed by atoms with Crippen molar-refractivity contribution < 1.29 is 18.0 Å². The Balaban J connectivity index is 1.39.